The summed E-state index contributed by atoms with van der Waals surface area (Å²) in [6.07, 6.45) is 0.414. The van der Waals surface area contributed by atoms with Crippen molar-refractivity contribution in [1.82, 2.24) is 10.1 Å². The smallest absolute Gasteiger partial charge is 0.276 e. The van der Waals surface area contributed by atoms with Crippen LogP contribution in [-0.2, 0) is 21.8 Å². The number of carbonyl (C=O) groups is 1. The summed E-state index contributed by atoms with van der Waals surface area (Å²) in [5.41, 5.74) is 3.08. The van der Waals surface area contributed by atoms with Crippen molar-refractivity contribution in [3.8, 4) is 17.1 Å². The Morgan fingerprint density at radius 2 is 1.80 bits per heavy atom. The molecule has 2 heterocycles. The Morgan fingerprint density at radius 3 is 2.37 bits per heavy atom. The molecule has 8 heteroatoms. The standard InChI is InChI=1S/C27H32N2O5S/c1-5-33-23-12-8-20(9-13-23)25-16-24(28-34-25)26(30)29(22-14-15-35(31,32)18-22)17-19-6-10-21(11-7-19)27(2,3)4/h6-13,16,22H,5,14-15,17-18H2,1-4H3/t22-/m0/s1. The van der Waals surface area contributed by atoms with Crippen molar-refractivity contribution in [2.24, 2.45) is 0 Å². The minimum Gasteiger partial charge on any atom is -0.494 e. The maximum Gasteiger partial charge on any atom is 0.276 e. The van der Waals surface area contributed by atoms with Crippen LogP contribution in [0.15, 0.2) is 59.1 Å². The van der Waals surface area contributed by atoms with Gasteiger partial charge in [-0.15, -0.1) is 0 Å². The molecule has 35 heavy (non-hydrogen) atoms. The van der Waals surface area contributed by atoms with Crippen LogP contribution in [0.4, 0.5) is 0 Å². The van der Waals surface area contributed by atoms with E-state index in [0.717, 1.165) is 16.9 Å². The van der Waals surface area contributed by atoms with Crippen molar-refractivity contribution < 1.29 is 22.5 Å². The van der Waals surface area contributed by atoms with Crippen LogP contribution < -0.4 is 4.74 Å². The normalized spacial score (nSPS) is 17.3. The van der Waals surface area contributed by atoms with Gasteiger partial charge >= 0.3 is 0 Å². The molecule has 1 fully saturated rings. The second-order valence-electron chi connectivity index (χ2n) is 9.97. The van der Waals surface area contributed by atoms with Gasteiger partial charge in [0.25, 0.3) is 5.91 Å². The first-order valence-corrected chi connectivity index (χ1v) is 13.7. The molecular weight excluding hydrogens is 464 g/mol. The van der Waals surface area contributed by atoms with Gasteiger partial charge in [0.1, 0.15) is 5.75 Å². The maximum absolute atomic E-state index is 13.5. The quantitative estimate of drug-likeness (QED) is 0.464. The zero-order chi connectivity index (χ0) is 25.2. The highest BCUT2D eigenvalue weighted by Crippen LogP contribution is 2.27. The fourth-order valence-electron chi connectivity index (χ4n) is 4.24. The Labute approximate surface area is 207 Å². The van der Waals surface area contributed by atoms with Crippen molar-refractivity contribution >= 4 is 15.7 Å². The third-order valence-electron chi connectivity index (χ3n) is 6.26. The number of benzene rings is 2. The SMILES string of the molecule is CCOc1ccc(-c2cc(C(=O)N(Cc3ccc(C(C)(C)C)cc3)[C@H]3CCS(=O)(=O)C3)no2)cc1. The molecule has 1 saturated heterocycles. The molecule has 1 amide bonds. The third kappa shape index (κ3) is 5.93. The van der Waals surface area contributed by atoms with Crippen LogP contribution in [0.2, 0.25) is 0 Å². The molecule has 0 radical (unpaired) electrons. The number of carbonyl (C=O) groups excluding carboxylic acids is 1. The molecule has 0 saturated carbocycles. The van der Waals surface area contributed by atoms with Crippen LogP contribution in [0.25, 0.3) is 11.3 Å². The lowest BCUT2D eigenvalue weighted by atomic mass is 9.86. The van der Waals surface area contributed by atoms with Crippen LogP contribution in [0, 0.1) is 0 Å². The lowest BCUT2D eigenvalue weighted by molar-refractivity contribution is 0.0670. The fraction of sp³-hybridized carbons (Fsp3) is 0.407. The third-order valence-corrected chi connectivity index (χ3v) is 8.01. The first-order chi connectivity index (χ1) is 16.6. The van der Waals surface area contributed by atoms with E-state index in [2.05, 4.69) is 38.1 Å². The molecular formula is C27H32N2O5S. The first-order valence-electron chi connectivity index (χ1n) is 11.9. The van der Waals surface area contributed by atoms with Crippen molar-refractivity contribution in [3.63, 3.8) is 0 Å². The summed E-state index contributed by atoms with van der Waals surface area (Å²) in [6.45, 7) is 9.23. The van der Waals surface area contributed by atoms with Crippen LogP contribution in [0.3, 0.4) is 0 Å². The molecule has 0 spiro atoms. The van der Waals surface area contributed by atoms with E-state index >= 15 is 0 Å². The molecule has 186 valence electrons. The summed E-state index contributed by atoms with van der Waals surface area (Å²) in [5, 5.41) is 4.02. The minimum atomic E-state index is -3.17. The molecule has 3 aromatic rings. The average Bonchev–Trinajstić information content (AvgIpc) is 3.44. The molecule has 1 aliphatic rings. The van der Waals surface area contributed by atoms with E-state index in [9.17, 15) is 13.2 Å². The summed E-state index contributed by atoms with van der Waals surface area (Å²) in [6, 6.07) is 16.7. The summed E-state index contributed by atoms with van der Waals surface area (Å²) in [4.78, 5) is 15.2. The van der Waals surface area contributed by atoms with E-state index in [-0.39, 0.29) is 28.5 Å². The zero-order valence-electron chi connectivity index (χ0n) is 20.7. The largest absolute Gasteiger partial charge is 0.494 e. The lowest BCUT2D eigenvalue weighted by Crippen LogP contribution is -2.40. The Hall–Kier alpha value is -3.13. The maximum atomic E-state index is 13.5. The number of rotatable bonds is 7. The summed E-state index contributed by atoms with van der Waals surface area (Å²) >= 11 is 0. The summed E-state index contributed by atoms with van der Waals surface area (Å²) in [7, 11) is -3.17. The highest BCUT2D eigenvalue weighted by Gasteiger charge is 2.36. The second-order valence-corrected chi connectivity index (χ2v) is 12.2. The van der Waals surface area contributed by atoms with Gasteiger partial charge in [-0.1, -0.05) is 50.2 Å². The van der Waals surface area contributed by atoms with Gasteiger partial charge < -0.3 is 14.2 Å². The number of hydrogen-bond donors (Lipinski definition) is 0. The number of aromatic nitrogens is 1. The van der Waals surface area contributed by atoms with E-state index in [1.54, 1.807) is 11.0 Å². The summed E-state index contributed by atoms with van der Waals surface area (Å²) in [5.74, 6) is 0.916. The molecule has 0 aliphatic carbocycles. The van der Waals surface area contributed by atoms with E-state index < -0.39 is 15.9 Å². The molecule has 2 aromatic carbocycles. The molecule has 0 bridgehead atoms. The van der Waals surface area contributed by atoms with Crippen LogP contribution in [-0.4, -0.2) is 48.5 Å². The van der Waals surface area contributed by atoms with Gasteiger partial charge in [0.05, 0.1) is 18.1 Å². The van der Waals surface area contributed by atoms with E-state index in [1.807, 2.05) is 43.3 Å². The van der Waals surface area contributed by atoms with E-state index in [1.165, 1.54) is 5.56 Å². The minimum absolute atomic E-state index is 0.0194. The molecule has 7 nitrogen and oxygen atoms in total. The number of ether oxygens (including phenoxy) is 1. The van der Waals surface area contributed by atoms with Crippen LogP contribution >= 0.6 is 0 Å². The Bertz CT molecular complexity index is 1270. The van der Waals surface area contributed by atoms with Gasteiger partial charge in [-0.05, 0) is 54.2 Å². The van der Waals surface area contributed by atoms with Gasteiger partial charge in [-0.3, -0.25) is 4.79 Å². The van der Waals surface area contributed by atoms with Gasteiger partial charge in [0.2, 0.25) is 0 Å². The Balaban J connectivity index is 1.58. The Kier molecular flexibility index (Phi) is 7.03. The number of nitrogens with zero attached hydrogens (tertiary/aromatic N) is 2. The average molecular weight is 497 g/mol. The molecule has 0 N–H and O–H groups in total. The predicted octanol–water partition coefficient (Wildman–Crippen LogP) is 4.87. The molecule has 0 unspecified atom stereocenters. The van der Waals surface area contributed by atoms with Crippen molar-refractivity contribution in [3.05, 3.63) is 71.4 Å². The summed E-state index contributed by atoms with van der Waals surface area (Å²) < 4.78 is 35.3. The van der Waals surface area contributed by atoms with Crippen molar-refractivity contribution in [1.29, 1.82) is 0 Å². The van der Waals surface area contributed by atoms with E-state index in [4.69, 9.17) is 9.26 Å². The zero-order valence-corrected chi connectivity index (χ0v) is 21.5. The number of amides is 1. The monoisotopic (exact) mass is 496 g/mol. The Morgan fingerprint density at radius 1 is 1.11 bits per heavy atom. The predicted molar refractivity (Wildman–Crippen MR) is 135 cm³/mol. The number of hydrogen-bond acceptors (Lipinski definition) is 6. The second kappa shape index (κ2) is 9.85. The van der Waals surface area contributed by atoms with Gasteiger partial charge in [-0.2, -0.15) is 0 Å². The van der Waals surface area contributed by atoms with Gasteiger partial charge in [0, 0.05) is 24.2 Å². The molecule has 1 aromatic heterocycles. The molecule has 1 aliphatic heterocycles. The fourth-order valence-corrected chi connectivity index (χ4v) is 5.97. The molecule has 4 rings (SSSR count). The van der Waals surface area contributed by atoms with Crippen molar-refractivity contribution in [2.75, 3.05) is 18.1 Å². The lowest BCUT2D eigenvalue weighted by Gasteiger charge is -2.28. The number of sulfone groups is 1. The van der Waals surface area contributed by atoms with Crippen LogP contribution in [0.1, 0.15) is 55.7 Å². The molecule has 1 atom stereocenters. The highest BCUT2D eigenvalue weighted by atomic mass is 32.2. The van der Waals surface area contributed by atoms with Gasteiger partial charge in [-0.25, -0.2) is 8.42 Å². The van der Waals surface area contributed by atoms with E-state index in [0.29, 0.717) is 25.3 Å². The topological polar surface area (TPSA) is 89.7 Å². The van der Waals surface area contributed by atoms with Crippen LogP contribution in [0.5, 0.6) is 5.75 Å². The highest BCUT2D eigenvalue weighted by molar-refractivity contribution is 7.91. The first kappa shape index (κ1) is 25.0. The van der Waals surface area contributed by atoms with Gasteiger partial charge in [0.15, 0.2) is 21.3 Å². The van der Waals surface area contributed by atoms with Crippen molar-refractivity contribution in [2.45, 2.75) is 52.1 Å².